The van der Waals surface area contributed by atoms with Gasteiger partial charge >= 0.3 is 0 Å². The van der Waals surface area contributed by atoms with E-state index in [1.165, 1.54) is 12.8 Å². The molecule has 0 bridgehead atoms. The van der Waals surface area contributed by atoms with Gasteiger partial charge in [0.2, 0.25) is 0 Å². The van der Waals surface area contributed by atoms with Crippen LogP contribution in [0.3, 0.4) is 0 Å². The third-order valence-electron chi connectivity index (χ3n) is 2.65. The third-order valence-corrected chi connectivity index (χ3v) is 2.65. The van der Waals surface area contributed by atoms with E-state index in [1.807, 2.05) is 6.92 Å². The van der Waals surface area contributed by atoms with Gasteiger partial charge in [0, 0.05) is 40.6 Å². The molecule has 7 heteroatoms. The summed E-state index contributed by atoms with van der Waals surface area (Å²) < 4.78 is 15.4. The molecule has 2 rings (SSSR count). The van der Waals surface area contributed by atoms with E-state index in [1.54, 1.807) is 6.92 Å². The molecule has 7 nitrogen and oxygen atoms in total. The maximum Gasteiger partial charge on any atom is 0.157 e. The normalized spacial score (nSPS) is 22.4. The van der Waals surface area contributed by atoms with Gasteiger partial charge in [0.15, 0.2) is 12.6 Å². The maximum absolute atomic E-state index is 8.69. The number of aliphatic hydroxyl groups is 4. The standard InChI is InChI=1S/C7H14O2.C5H10O2.C2H6O.2CH4O/c1-2-8-7-5-3-4-6-9-7;6-5-3-1-2-4-7-5;1-2-3;2*1-2/h7H,2-6H2,1H3;5-6H,1-4H2;3H,2H2,1H3;2*2H,1H3. The summed E-state index contributed by atoms with van der Waals surface area (Å²) in [5.74, 6) is 0. The second-order valence-corrected chi connectivity index (χ2v) is 4.39. The zero-order chi connectivity index (χ0) is 18.3. The summed E-state index contributed by atoms with van der Waals surface area (Å²) in [6, 6.07) is 0. The second-order valence-electron chi connectivity index (χ2n) is 4.39. The fourth-order valence-corrected chi connectivity index (χ4v) is 1.75. The highest BCUT2D eigenvalue weighted by atomic mass is 16.7. The van der Waals surface area contributed by atoms with E-state index in [9.17, 15) is 0 Å². The van der Waals surface area contributed by atoms with Crippen LogP contribution < -0.4 is 0 Å². The van der Waals surface area contributed by atoms with Gasteiger partial charge in [0.05, 0.1) is 0 Å². The van der Waals surface area contributed by atoms with Crippen LogP contribution in [0.1, 0.15) is 52.4 Å². The minimum Gasteiger partial charge on any atom is -0.400 e. The molecule has 2 unspecified atom stereocenters. The molecule has 0 spiro atoms. The van der Waals surface area contributed by atoms with E-state index in [-0.39, 0.29) is 12.9 Å². The van der Waals surface area contributed by atoms with Crippen LogP contribution >= 0.6 is 0 Å². The number of hydrogen-bond donors (Lipinski definition) is 4. The molecule has 0 saturated carbocycles. The van der Waals surface area contributed by atoms with Gasteiger partial charge in [-0.25, -0.2) is 0 Å². The molecule has 4 N–H and O–H groups in total. The van der Waals surface area contributed by atoms with Crippen LogP contribution in [0.2, 0.25) is 0 Å². The van der Waals surface area contributed by atoms with Gasteiger partial charge in [-0.2, -0.15) is 0 Å². The van der Waals surface area contributed by atoms with E-state index < -0.39 is 6.29 Å². The zero-order valence-corrected chi connectivity index (χ0v) is 15.2. The summed E-state index contributed by atoms with van der Waals surface area (Å²) in [6.07, 6.45) is 6.21. The molecule has 0 aromatic heterocycles. The van der Waals surface area contributed by atoms with Crippen molar-refractivity contribution in [2.45, 2.75) is 65.0 Å². The molecule has 0 aromatic carbocycles. The first-order valence-corrected chi connectivity index (χ1v) is 8.27. The van der Waals surface area contributed by atoms with Crippen molar-refractivity contribution in [2.24, 2.45) is 0 Å². The SMILES string of the molecule is CCO.CCOC1CCCCO1.CO.CO.OC1CCCCO1. The van der Waals surface area contributed by atoms with Gasteiger partial charge in [-0.05, 0) is 52.4 Å². The monoisotopic (exact) mass is 342 g/mol. The van der Waals surface area contributed by atoms with Crippen molar-refractivity contribution in [3.63, 3.8) is 0 Å². The van der Waals surface area contributed by atoms with Crippen LogP contribution in [0.15, 0.2) is 0 Å². The fraction of sp³-hybridized carbons (Fsp3) is 1.00. The Kier molecular flexibility index (Phi) is 31.9. The smallest absolute Gasteiger partial charge is 0.157 e. The molecule has 0 aliphatic carbocycles. The van der Waals surface area contributed by atoms with E-state index >= 15 is 0 Å². The Balaban J connectivity index is -0.000000255. The lowest BCUT2D eigenvalue weighted by Gasteiger charge is -2.21. The summed E-state index contributed by atoms with van der Waals surface area (Å²) in [7, 11) is 2.00. The average molecular weight is 342 g/mol. The Morgan fingerprint density at radius 1 is 0.870 bits per heavy atom. The van der Waals surface area contributed by atoms with Crippen LogP contribution in [0.25, 0.3) is 0 Å². The first-order valence-electron chi connectivity index (χ1n) is 8.27. The molecular formula is C16H38O7. The predicted molar refractivity (Wildman–Crippen MR) is 90.1 cm³/mol. The van der Waals surface area contributed by atoms with Gasteiger partial charge in [0.25, 0.3) is 0 Å². The van der Waals surface area contributed by atoms with Crippen molar-refractivity contribution in [3.05, 3.63) is 0 Å². The lowest BCUT2D eigenvalue weighted by molar-refractivity contribution is -0.159. The quantitative estimate of drug-likeness (QED) is 0.598. The van der Waals surface area contributed by atoms with Crippen molar-refractivity contribution in [2.75, 3.05) is 40.6 Å². The van der Waals surface area contributed by atoms with E-state index in [0.717, 1.165) is 59.7 Å². The van der Waals surface area contributed by atoms with Crippen molar-refractivity contribution < 1.29 is 34.6 Å². The maximum atomic E-state index is 8.69. The van der Waals surface area contributed by atoms with Gasteiger partial charge < -0.3 is 34.6 Å². The molecule has 0 aromatic rings. The van der Waals surface area contributed by atoms with Crippen LogP contribution in [0.4, 0.5) is 0 Å². The minimum atomic E-state index is -0.464. The molecular weight excluding hydrogens is 304 g/mol. The van der Waals surface area contributed by atoms with Crippen LogP contribution in [-0.2, 0) is 14.2 Å². The molecule has 144 valence electrons. The van der Waals surface area contributed by atoms with Gasteiger partial charge in [-0.1, -0.05) is 0 Å². The number of hydrogen-bond acceptors (Lipinski definition) is 7. The first kappa shape index (κ1) is 27.6. The van der Waals surface area contributed by atoms with Crippen LogP contribution in [0, 0.1) is 0 Å². The molecule has 2 atom stereocenters. The molecule has 2 fully saturated rings. The van der Waals surface area contributed by atoms with Crippen molar-refractivity contribution >= 4 is 0 Å². The Morgan fingerprint density at radius 2 is 1.35 bits per heavy atom. The highest BCUT2D eigenvalue weighted by Gasteiger charge is 2.12. The highest BCUT2D eigenvalue weighted by molar-refractivity contribution is 4.53. The summed E-state index contributed by atoms with van der Waals surface area (Å²) in [5, 5.41) is 30.3. The Bertz CT molecular complexity index is 167. The number of ether oxygens (including phenoxy) is 3. The molecule has 23 heavy (non-hydrogen) atoms. The molecule has 2 aliphatic heterocycles. The Morgan fingerprint density at radius 3 is 1.61 bits per heavy atom. The van der Waals surface area contributed by atoms with Crippen molar-refractivity contribution in [1.82, 2.24) is 0 Å². The second kappa shape index (κ2) is 26.6. The average Bonchev–Trinajstić information content (AvgIpc) is 2.62. The number of rotatable bonds is 2. The molecule has 0 radical (unpaired) electrons. The van der Waals surface area contributed by atoms with E-state index in [4.69, 9.17) is 34.6 Å². The summed E-state index contributed by atoms with van der Waals surface area (Å²) in [4.78, 5) is 0. The Hall–Kier alpha value is -0.280. The predicted octanol–water partition coefficient (Wildman–Crippen LogP) is 1.27. The van der Waals surface area contributed by atoms with Crippen LogP contribution in [0.5, 0.6) is 0 Å². The topological polar surface area (TPSA) is 109 Å². The van der Waals surface area contributed by atoms with E-state index in [0.29, 0.717) is 0 Å². The molecule has 0 amide bonds. The van der Waals surface area contributed by atoms with Gasteiger partial charge in [0.1, 0.15) is 0 Å². The van der Waals surface area contributed by atoms with Gasteiger partial charge in [-0.15, -0.1) is 0 Å². The van der Waals surface area contributed by atoms with Crippen LogP contribution in [-0.4, -0.2) is 73.7 Å². The number of aliphatic hydroxyl groups excluding tert-OH is 4. The first-order chi connectivity index (χ1) is 11.2. The fourth-order valence-electron chi connectivity index (χ4n) is 1.75. The third kappa shape index (κ3) is 24.1. The molecule has 2 saturated heterocycles. The summed E-state index contributed by atoms with van der Waals surface area (Å²) in [5.41, 5.74) is 0. The van der Waals surface area contributed by atoms with Gasteiger partial charge in [-0.3, -0.25) is 0 Å². The Labute approximate surface area is 141 Å². The highest BCUT2D eigenvalue weighted by Crippen LogP contribution is 2.12. The zero-order valence-electron chi connectivity index (χ0n) is 15.2. The van der Waals surface area contributed by atoms with Crippen molar-refractivity contribution in [1.29, 1.82) is 0 Å². The van der Waals surface area contributed by atoms with E-state index in [2.05, 4.69) is 0 Å². The summed E-state index contributed by atoms with van der Waals surface area (Å²) in [6.45, 7) is 6.31. The summed E-state index contributed by atoms with van der Waals surface area (Å²) >= 11 is 0. The molecule has 2 heterocycles. The minimum absolute atomic E-state index is 0.101. The lowest BCUT2D eigenvalue weighted by Crippen LogP contribution is -2.21. The molecule has 2 aliphatic rings. The van der Waals surface area contributed by atoms with Crippen molar-refractivity contribution in [3.8, 4) is 0 Å². The largest absolute Gasteiger partial charge is 0.400 e. The lowest BCUT2D eigenvalue weighted by atomic mass is 10.2.